The van der Waals surface area contributed by atoms with E-state index in [1.807, 2.05) is 54.6 Å². The van der Waals surface area contributed by atoms with Gasteiger partial charge in [-0.2, -0.15) is 5.26 Å². The van der Waals surface area contributed by atoms with Gasteiger partial charge >= 0.3 is 11.7 Å². The first-order valence-corrected chi connectivity index (χ1v) is 10.2. The topological polar surface area (TPSA) is 77.0 Å². The van der Waals surface area contributed by atoms with Gasteiger partial charge in [-0.05, 0) is 48.4 Å². The highest BCUT2D eigenvalue weighted by atomic mass is 16.5. The van der Waals surface area contributed by atoms with Crippen LogP contribution in [0.1, 0.15) is 17.5 Å². The lowest BCUT2D eigenvalue weighted by Crippen LogP contribution is -2.22. The Morgan fingerprint density at radius 1 is 0.938 bits per heavy atom. The van der Waals surface area contributed by atoms with Crippen LogP contribution in [-0.2, 0) is 16.0 Å². The number of ether oxygens (including phenoxy) is 1. The van der Waals surface area contributed by atoms with E-state index in [0.29, 0.717) is 24.1 Å². The second-order valence-electron chi connectivity index (χ2n) is 7.27. The second-order valence-corrected chi connectivity index (χ2v) is 7.27. The fourth-order valence-electron chi connectivity index (χ4n) is 3.55. The molecule has 4 aromatic rings. The monoisotopic (exact) mass is 423 g/mol. The van der Waals surface area contributed by atoms with Crippen LogP contribution in [0.4, 0.5) is 0 Å². The maximum atomic E-state index is 13.4. The molecule has 0 saturated carbocycles. The first-order valence-electron chi connectivity index (χ1n) is 10.2. The number of aromatic nitrogens is 2. The first kappa shape index (κ1) is 20.9. The Labute approximate surface area is 185 Å². The minimum absolute atomic E-state index is 0.203. The molecule has 1 heterocycles. The molecule has 3 aromatic carbocycles. The van der Waals surface area contributed by atoms with Crippen molar-refractivity contribution in [3.63, 3.8) is 0 Å². The molecule has 32 heavy (non-hydrogen) atoms. The van der Waals surface area contributed by atoms with Crippen molar-refractivity contribution in [2.45, 2.75) is 12.8 Å². The number of rotatable bonds is 6. The third kappa shape index (κ3) is 4.23. The number of carbonyl (C=O) groups is 1. The third-order valence-corrected chi connectivity index (χ3v) is 5.27. The van der Waals surface area contributed by atoms with Crippen molar-refractivity contribution >= 4 is 5.97 Å². The fraction of sp³-hybridized carbons (Fsp3) is 0.115. The molecule has 0 aliphatic heterocycles. The molecule has 0 unspecified atom stereocenters. The zero-order valence-corrected chi connectivity index (χ0v) is 17.6. The van der Waals surface area contributed by atoms with Crippen LogP contribution in [-0.4, -0.2) is 22.2 Å². The molecule has 0 aliphatic rings. The molecule has 6 heteroatoms. The van der Waals surface area contributed by atoms with Gasteiger partial charge in [0.15, 0.2) is 0 Å². The molecule has 0 amide bonds. The second kappa shape index (κ2) is 9.19. The van der Waals surface area contributed by atoms with Crippen LogP contribution in [0.2, 0.25) is 0 Å². The van der Waals surface area contributed by atoms with Crippen LogP contribution >= 0.6 is 0 Å². The highest BCUT2D eigenvalue weighted by Gasteiger charge is 2.16. The van der Waals surface area contributed by atoms with Crippen molar-refractivity contribution < 1.29 is 9.53 Å². The van der Waals surface area contributed by atoms with Gasteiger partial charge in [0.2, 0.25) is 0 Å². The number of para-hydroxylation sites is 1. The Kier molecular flexibility index (Phi) is 6.00. The fourth-order valence-corrected chi connectivity index (χ4v) is 3.55. The molecule has 4 rings (SSSR count). The summed E-state index contributed by atoms with van der Waals surface area (Å²) in [6.45, 7) is 0. The maximum Gasteiger partial charge on any atom is 0.337 e. The lowest BCUT2D eigenvalue weighted by molar-refractivity contribution is -0.140. The number of hydrogen-bond donors (Lipinski definition) is 0. The molecule has 158 valence electrons. The summed E-state index contributed by atoms with van der Waals surface area (Å²) in [5.74, 6) is -0.244. The van der Waals surface area contributed by atoms with E-state index in [9.17, 15) is 9.59 Å². The lowest BCUT2D eigenvalue weighted by atomic mass is 10.1. The van der Waals surface area contributed by atoms with Crippen LogP contribution in [0.15, 0.2) is 89.9 Å². The van der Waals surface area contributed by atoms with Crippen LogP contribution in [0.5, 0.6) is 0 Å². The average molecular weight is 423 g/mol. The van der Waals surface area contributed by atoms with E-state index in [2.05, 4.69) is 6.07 Å². The molecule has 0 aliphatic carbocycles. The van der Waals surface area contributed by atoms with Crippen LogP contribution < -0.4 is 5.69 Å². The number of hydrogen-bond acceptors (Lipinski definition) is 4. The van der Waals surface area contributed by atoms with Gasteiger partial charge in [0.1, 0.15) is 0 Å². The van der Waals surface area contributed by atoms with E-state index in [1.165, 1.54) is 7.11 Å². The normalized spacial score (nSPS) is 10.5. The molecule has 6 nitrogen and oxygen atoms in total. The molecule has 0 atom stereocenters. The Balaban J connectivity index is 1.78. The van der Waals surface area contributed by atoms with Gasteiger partial charge in [0.05, 0.1) is 35.8 Å². The average Bonchev–Trinajstić information content (AvgIpc) is 3.20. The number of nitriles is 1. The largest absolute Gasteiger partial charge is 0.469 e. The number of carbonyl (C=O) groups excluding carboxylic acids is 1. The van der Waals surface area contributed by atoms with Gasteiger partial charge in [-0.25, -0.2) is 4.79 Å². The van der Waals surface area contributed by atoms with Crippen molar-refractivity contribution in [2.75, 3.05) is 7.11 Å². The minimum atomic E-state index is -0.244. The molecule has 0 N–H and O–H groups in total. The lowest BCUT2D eigenvalue weighted by Gasteiger charge is -2.08. The van der Waals surface area contributed by atoms with Crippen molar-refractivity contribution in [3.8, 4) is 28.7 Å². The minimum Gasteiger partial charge on any atom is -0.469 e. The van der Waals surface area contributed by atoms with Crippen LogP contribution in [0.25, 0.3) is 22.6 Å². The van der Waals surface area contributed by atoms with Crippen molar-refractivity contribution in [2.24, 2.45) is 0 Å². The zero-order valence-electron chi connectivity index (χ0n) is 17.6. The Morgan fingerprint density at radius 2 is 1.62 bits per heavy atom. The maximum absolute atomic E-state index is 13.4. The molecule has 1 aromatic heterocycles. The van der Waals surface area contributed by atoms with Crippen LogP contribution in [0.3, 0.4) is 0 Å². The van der Waals surface area contributed by atoms with E-state index in [4.69, 9.17) is 10.00 Å². The van der Waals surface area contributed by atoms with Crippen molar-refractivity contribution in [3.05, 3.63) is 107 Å². The molecular weight excluding hydrogens is 402 g/mol. The van der Waals surface area contributed by atoms with Crippen molar-refractivity contribution in [1.82, 2.24) is 9.13 Å². The summed E-state index contributed by atoms with van der Waals surface area (Å²) in [5, 5.41) is 9.06. The van der Waals surface area contributed by atoms with Gasteiger partial charge < -0.3 is 4.74 Å². The summed E-state index contributed by atoms with van der Waals surface area (Å²) < 4.78 is 7.95. The molecule has 0 radical (unpaired) electrons. The van der Waals surface area contributed by atoms with Gasteiger partial charge in [-0.15, -0.1) is 0 Å². The predicted molar refractivity (Wildman–Crippen MR) is 122 cm³/mol. The van der Waals surface area contributed by atoms with Gasteiger partial charge in [0, 0.05) is 18.2 Å². The van der Waals surface area contributed by atoms with Crippen molar-refractivity contribution in [1.29, 1.82) is 5.26 Å². The van der Waals surface area contributed by atoms with E-state index < -0.39 is 0 Å². The molecular formula is C26H21N3O3. The molecule has 0 bridgehead atoms. The van der Waals surface area contributed by atoms with Crippen LogP contribution in [0, 0.1) is 11.3 Å². The van der Waals surface area contributed by atoms with Gasteiger partial charge in [-0.3, -0.25) is 13.9 Å². The Bertz CT molecular complexity index is 1330. The number of aryl methyl sites for hydroxylation is 1. The first-order chi connectivity index (χ1) is 15.6. The number of nitrogens with zero attached hydrogens (tertiary/aromatic N) is 3. The number of imidazole rings is 1. The summed E-state index contributed by atoms with van der Waals surface area (Å²) >= 11 is 0. The third-order valence-electron chi connectivity index (χ3n) is 5.27. The summed E-state index contributed by atoms with van der Waals surface area (Å²) in [7, 11) is 1.38. The number of methoxy groups -OCH3 is 1. The number of benzene rings is 3. The van der Waals surface area contributed by atoms with Gasteiger partial charge in [0.25, 0.3) is 0 Å². The number of esters is 1. The van der Waals surface area contributed by atoms with E-state index in [0.717, 1.165) is 22.5 Å². The smallest absolute Gasteiger partial charge is 0.337 e. The molecule has 0 spiro atoms. The molecule has 0 saturated heterocycles. The molecule has 0 fully saturated rings. The van der Waals surface area contributed by atoms with E-state index in [1.54, 1.807) is 39.6 Å². The summed E-state index contributed by atoms with van der Waals surface area (Å²) in [6.07, 6.45) is 2.71. The summed E-state index contributed by atoms with van der Waals surface area (Å²) in [6, 6.07) is 26.3. The Morgan fingerprint density at radius 3 is 2.25 bits per heavy atom. The zero-order chi connectivity index (χ0) is 22.5. The van der Waals surface area contributed by atoms with E-state index in [-0.39, 0.29) is 11.7 Å². The highest BCUT2D eigenvalue weighted by Crippen LogP contribution is 2.24. The van der Waals surface area contributed by atoms with E-state index >= 15 is 0 Å². The standard InChI is InChI=1S/C26H21N3O3/c1-32-25(30)16-11-19-7-12-21(13-8-19)24-18-28(22-14-9-20(17-27)10-15-22)26(31)29(24)23-5-3-2-4-6-23/h2-10,12-15,18H,11,16H2,1H3. The quantitative estimate of drug-likeness (QED) is 0.434. The Hall–Kier alpha value is -4.37. The summed E-state index contributed by atoms with van der Waals surface area (Å²) in [4.78, 5) is 24.8. The SMILES string of the molecule is COC(=O)CCc1ccc(-c2cn(-c3ccc(C#N)cc3)c(=O)n2-c2ccccc2)cc1. The summed E-state index contributed by atoms with van der Waals surface area (Å²) in [5.41, 5.74) is 4.40. The van der Waals surface area contributed by atoms with Gasteiger partial charge in [-0.1, -0.05) is 42.5 Å². The highest BCUT2D eigenvalue weighted by molar-refractivity contribution is 5.69. The predicted octanol–water partition coefficient (Wildman–Crippen LogP) is 4.27.